The Labute approximate surface area is 150 Å². The Balaban J connectivity index is 1.65. The van der Waals surface area contributed by atoms with Gasteiger partial charge in [0.05, 0.1) is 17.7 Å². The van der Waals surface area contributed by atoms with E-state index in [1.54, 1.807) is 12.1 Å². The van der Waals surface area contributed by atoms with E-state index in [0.717, 1.165) is 16.8 Å². The third-order valence-corrected chi connectivity index (χ3v) is 4.03. The molecule has 0 aliphatic carbocycles. The van der Waals surface area contributed by atoms with Crippen LogP contribution in [0.4, 0.5) is 5.69 Å². The van der Waals surface area contributed by atoms with Gasteiger partial charge in [-0.25, -0.2) is 5.43 Å². The van der Waals surface area contributed by atoms with Gasteiger partial charge < -0.3 is 10.4 Å². The van der Waals surface area contributed by atoms with Gasteiger partial charge >= 0.3 is 0 Å². The predicted octanol–water partition coefficient (Wildman–Crippen LogP) is 2.52. The van der Waals surface area contributed by atoms with E-state index in [1.807, 2.05) is 31.2 Å². The smallest absolute Gasteiger partial charge is 0.250 e. The lowest BCUT2D eigenvalue weighted by molar-refractivity contribution is -0.118. The van der Waals surface area contributed by atoms with E-state index < -0.39 is 0 Å². The van der Waals surface area contributed by atoms with Crippen LogP contribution in [0, 0.1) is 6.92 Å². The van der Waals surface area contributed by atoms with E-state index in [-0.39, 0.29) is 29.1 Å². The first-order valence-corrected chi connectivity index (χ1v) is 8.73. The van der Waals surface area contributed by atoms with Crippen LogP contribution in [-0.2, 0) is 9.59 Å². The standard InChI is InChI=1S/C18H19N3O3S/c1-13-2-6-15(7-3-13)20-17(23)11-25-12-18(24)21-19-10-14-4-8-16(22)9-5-14/h2-10,22H,11-12H2,1H3,(H,20,23)(H,21,24)/b19-10+. The van der Waals surface area contributed by atoms with E-state index in [0.29, 0.717) is 0 Å². The van der Waals surface area contributed by atoms with Gasteiger partial charge in [-0.2, -0.15) is 5.10 Å². The molecule has 2 amide bonds. The number of nitrogens with zero attached hydrogens (tertiary/aromatic N) is 1. The lowest BCUT2D eigenvalue weighted by Gasteiger charge is -2.05. The van der Waals surface area contributed by atoms with Gasteiger partial charge in [-0.1, -0.05) is 17.7 Å². The zero-order valence-electron chi connectivity index (χ0n) is 13.7. The Morgan fingerprint density at radius 1 is 1.04 bits per heavy atom. The van der Waals surface area contributed by atoms with E-state index in [9.17, 15) is 9.59 Å². The maximum absolute atomic E-state index is 11.8. The van der Waals surface area contributed by atoms with Crippen molar-refractivity contribution < 1.29 is 14.7 Å². The molecular formula is C18H19N3O3S. The second-order valence-electron chi connectivity index (χ2n) is 5.29. The largest absolute Gasteiger partial charge is 0.508 e. The van der Waals surface area contributed by atoms with Gasteiger partial charge in [0.15, 0.2) is 0 Å². The van der Waals surface area contributed by atoms with E-state index in [4.69, 9.17) is 5.11 Å². The molecule has 0 heterocycles. The number of anilines is 1. The molecule has 2 rings (SSSR count). The molecule has 2 aromatic carbocycles. The molecule has 0 spiro atoms. The molecule has 0 atom stereocenters. The molecular weight excluding hydrogens is 338 g/mol. The monoisotopic (exact) mass is 357 g/mol. The van der Waals surface area contributed by atoms with Crippen LogP contribution in [0.1, 0.15) is 11.1 Å². The minimum absolute atomic E-state index is 0.133. The first-order chi connectivity index (χ1) is 12.0. The number of carbonyl (C=O) groups is 2. The number of benzene rings is 2. The maximum Gasteiger partial charge on any atom is 0.250 e. The van der Waals surface area contributed by atoms with Crippen molar-refractivity contribution in [2.45, 2.75) is 6.92 Å². The Morgan fingerprint density at radius 2 is 1.68 bits per heavy atom. The molecule has 0 bridgehead atoms. The van der Waals surface area contributed by atoms with E-state index in [1.165, 1.54) is 30.1 Å². The number of carbonyl (C=O) groups excluding carboxylic acids is 2. The summed E-state index contributed by atoms with van der Waals surface area (Å²) in [5, 5.41) is 15.8. The van der Waals surface area contributed by atoms with Gasteiger partial charge in [-0.3, -0.25) is 9.59 Å². The maximum atomic E-state index is 11.8. The fraction of sp³-hybridized carbons (Fsp3) is 0.167. The van der Waals surface area contributed by atoms with Crippen molar-refractivity contribution in [2.24, 2.45) is 5.10 Å². The molecule has 0 saturated heterocycles. The number of hydrogen-bond donors (Lipinski definition) is 3. The van der Waals surface area contributed by atoms with Crippen molar-refractivity contribution in [2.75, 3.05) is 16.8 Å². The number of aryl methyl sites for hydroxylation is 1. The summed E-state index contributed by atoms with van der Waals surface area (Å²) in [5.41, 5.74) is 5.00. The summed E-state index contributed by atoms with van der Waals surface area (Å²) in [6, 6.07) is 13.9. The van der Waals surface area contributed by atoms with Gasteiger partial charge in [-0.05, 0) is 48.9 Å². The molecule has 130 valence electrons. The normalized spacial score (nSPS) is 10.6. The number of hydrogen-bond acceptors (Lipinski definition) is 5. The van der Waals surface area contributed by atoms with Crippen LogP contribution in [-0.4, -0.2) is 34.6 Å². The van der Waals surface area contributed by atoms with Gasteiger partial charge in [0.2, 0.25) is 11.8 Å². The van der Waals surface area contributed by atoms with Crippen LogP contribution in [0.2, 0.25) is 0 Å². The number of phenols is 1. The fourth-order valence-electron chi connectivity index (χ4n) is 1.84. The summed E-state index contributed by atoms with van der Waals surface area (Å²) in [6.07, 6.45) is 1.48. The average molecular weight is 357 g/mol. The lowest BCUT2D eigenvalue weighted by atomic mass is 10.2. The van der Waals surface area contributed by atoms with Gasteiger partial charge in [-0.15, -0.1) is 11.8 Å². The molecule has 0 aliphatic heterocycles. The molecule has 0 aliphatic rings. The second kappa shape index (κ2) is 9.48. The van der Waals surface area contributed by atoms with Crippen molar-refractivity contribution in [3.63, 3.8) is 0 Å². The number of hydrazone groups is 1. The number of nitrogens with one attached hydrogen (secondary N) is 2. The molecule has 0 radical (unpaired) electrons. The zero-order valence-corrected chi connectivity index (χ0v) is 14.5. The van der Waals surface area contributed by atoms with Gasteiger partial charge in [0, 0.05) is 5.69 Å². The van der Waals surface area contributed by atoms with Crippen molar-refractivity contribution in [1.29, 1.82) is 0 Å². The molecule has 3 N–H and O–H groups in total. The molecule has 0 unspecified atom stereocenters. The number of aromatic hydroxyl groups is 1. The highest BCUT2D eigenvalue weighted by atomic mass is 32.2. The van der Waals surface area contributed by atoms with Gasteiger partial charge in [0.1, 0.15) is 5.75 Å². The van der Waals surface area contributed by atoms with E-state index in [2.05, 4.69) is 15.8 Å². The predicted molar refractivity (Wildman–Crippen MR) is 101 cm³/mol. The first-order valence-electron chi connectivity index (χ1n) is 7.58. The Hall–Kier alpha value is -2.80. The quantitative estimate of drug-likeness (QED) is 0.525. The molecule has 25 heavy (non-hydrogen) atoms. The molecule has 6 nitrogen and oxygen atoms in total. The van der Waals surface area contributed by atoms with Gasteiger partial charge in [0.25, 0.3) is 0 Å². The van der Waals surface area contributed by atoms with Crippen LogP contribution in [0.15, 0.2) is 53.6 Å². The summed E-state index contributed by atoms with van der Waals surface area (Å²) < 4.78 is 0. The van der Waals surface area contributed by atoms with Crippen molar-refractivity contribution in [1.82, 2.24) is 5.43 Å². The van der Waals surface area contributed by atoms with Crippen LogP contribution in [0.3, 0.4) is 0 Å². The first kappa shape index (κ1) is 18.5. The molecule has 0 aromatic heterocycles. The van der Waals surface area contributed by atoms with Crippen LogP contribution in [0.25, 0.3) is 0 Å². The second-order valence-corrected chi connectivity index (χ2v) is 6.28. The minimum Gasteiger partial charge on any atom is -0.508 e. The minimum atomic E-state index is -0.289. The Morgan fingerprint density at radius 3 is 2.36 bits per heavy atom. The molecule has 7 heteroatoms. The molecule has 0 saturated carbocycles. The number of thioether (sulfide) groups is 1. The van der Waals surface area contributed by atoms with Crippen molar-refractivity contribution in [3.8, 4) is 5.75 Å². The van der Waals surface area contributed by atoms with E-state index >= 15 is 0 Å². The summed E-state index contributed by atoms with van der Waals surface area (Å²) in [7, 11) is 0. The zero-order chi connectivity index (χ0) is 18.1. The van der Waals surface area contributed by atoms with Crippen molar-refractivity contribution in [3.05, 3.63) is 59.7 Å². The number of phenolic OH excluding ortho intramolecular Hbond substituents is 1. The summed E-state index contributed by atoms with van der Waals surface area (Å²) in [4.78, 5) is 23.4. The summed E-state index contributed by atoms with van der Waals surface area (Å²) in [5.74, 6) is 0.0379. The number of amides is 2. The highest BCUT2D eigenvalue weighted by Gasteiger charge is 2.05. The Kier molecular flexibility index (Phi) is 7.03. The third-order valence-electron chi connectivity index (χ3n) is 3.10. The molecule has 2 aromatic rings. The fourth-order valence-corrected chi connectivity index (χ4v) is 2.45. The highest BCUT2D eigenvalue weighted by Crippen LogP contribution is 2.10. The lowest BCUT2D eigenvalue weighted by Crippen LogP contribution is -2.21. The number of rotatable bonds is 7. The average Bonchev–Trinajstić information content (AvgIpc) is 2.59. The molecule has 0 fully saturated rings. The van der Waals surface area contributed by atoms with Crippen LogP contribution < -0.4 is 10.7 Å². The highest BCUT2D eigenvalue weighted by molar-refractivity contribution is 8.00. The Bertz CT molecular complexity index is 743. The van der Waals surface area contributed by atoms with Crippen LogP contribution in [0.5, 0.6) is 5.75 Å². The third kappa shape index (κ3) is 7.09. The SMILES string of the molecule is Cc1ccc(NC(=O)CSCC(=O)N/N=C/c2ccc(O)cc2)cc1. The topological polar surface area (TPSA) is 90.8 Å². The van der Waals surface area contributed by atoms with Crippen molar-refractivity contribution >= 4 is 35.5 Å². The summed E-state index contributed by atoms with van der Waals surface area (Å²) >= 11 is 1.21. The van der Waals surface area contributed by atoms with Crippen LogP contribution >= 0.6 is 11.8 Å². The summed E-state index contributed by atoms with van der Waals surface area (Å²) in [6.45, 7) is 1.98.